The van der Waals surface area contributed by atoms with E-state index in [1.807, 2.05) is 0 Å². The van der Waals surface area contributed by atoms with Crippen LogP contribution < -0.4 is 11.1 Å². The summed E-state index contributed by atoms with van der Waals surface area (Å²) in [5.74, 6) is -4.51. The first-order chi connectivity index (χ1) is 9.90. The van der Waals surface area contributed by atoms with Crippen LogP contribution in [0.4, 0.5) is 18.9 Å². The number of nitrogens with two attached hydrogens (primary N) is 1. The molecule has 0 heterocycles. The second kappa shape index (κ2) is 5.87. The van der Waals surface area contributed by atoms with Gasteiger partial charge in [-0.1, -0.05) is 12.1 Å². The number of hydrogen-bond donors (Lipinski definition) is 2. The Morgan fingerprint density at radius 1 is 1.19 bits per heavy atom. The van der Waals surface area contributed by atoms with Gasteiger partial charge in [0.15, 0.2) is 0 Å². The van der Waals surface area contributed by atoms with E-state index in [0.717, 1.165) is 11.1 Å². The monoisotopic (exact) mass is 294 g/mol. The molecule has 0 bridgehead atoms. The predicted molar refractivity (Wildman–Crippen MR) is 73.1 cm³/mol. The summed E-state index contributed by atoms with van der Waals surface area (Å²) in [5, 5.41) is 2.39. The Bertz CT molecular complexity index is 678. The second-order valence-electron chi connectivity index (χ2n) is 4.56. The number of rotatable bonds is 3. The van der Waals surface area contributed by atoms with Crippen LogP contribution in [0.15, 0.2) is 30.3 Å². The second-order valence-corrected chi connectivity index (χ2v) is 4.56. The van der Waals surface area contributed by atoms with Crippen LogP contribution >= 0.6 is 0 Å². The van der Waals surface area contributed by atoms with Crippen molar-refractivity contribution < 1.29 is 18.0 Å². The Kier molecular flexibility index (Phi) is 4.16. The molecule has 0 aliphatic heterocycles. The molecule has 0 aromatic heterocycles. The molecule has 2 rings (SSSR count). The molecule has 3 nitrogen and oxygen atoms in total. The minimum atomic E-state index is -1.24. The van der Waals surface area contributed by atoms with Crippen molar-refractivity contribution in [2.45, 2.75) is 13.5 Å². The van der Waals surface area contributed by atoms with Crippen molar-refractivity contribution in [3.8, 4) is 0 Å². The molecule has 0 saturated carbocycles. The predicted octanol–water partition coefficient (Wildman–Crippen LogP) is 2.92. The summed E-state index contributed by atoms with van der Waals surface area (Å²) >= 11 is 0. The minimum Gasteiger partial charge on any atom is -0.399 e. The maximum absolute atomic E-state index is 13.5. The normalized spacial score (nSPS) is 10.5. The maximum Gasteiger partial charge on any atom is 0.257 e. The number of hydrogen-bond acceptors (Lipinski definition) is 2. The largest absolute Gasteiger partial charge is 0.399 e. The van der Waals surface area contributed by atoms with E-state index < -0.39 is 28.9 Å². The van der Waals surface area contributed by atoms with Crippen molar-refractivity contribution in [2.24, 2.45) is 0 Å². The average Bonchev–Trinajstić information content (AvgIpc) is 2.39. The molecular formula is C15H13F3N2O. The Balaban J connectivity index is 2.18. The molecule has 2 aromatic carbocycles. The van der Waals surface area contributed by atoms with Crippen LogP contribution in [0.1, 0.15) is 21.5 Å². The van der Waals surface area contributed by atoms with Crippen molar-refractivity contribution in [1.29, 1.82) is 0 Å². The van der Waals surface area contributed by atoms with E-state index in [4.69, 9.17) is 5.73 Å². The van der Waals surface area contributed by atoms with E-state index in [1.54, 1.807) is 25.1 Å². The van der Waals surface area contributed by atoms with Gasteiger partial charge in [-0.05, 0) is 24.1 Å². The summed E-state index contributed by atoms with van der Waals surface area (Å²) in [4.78, 5) is 11.8. The molecule has 0 atom stereocenters. The smallest absolute Gasteiger partial charge is 0.257 e. The van der Waals surface area contributed by atoms with Gasteiger partial charge in [0.2, 0.25) is 0 Å². The first-order valence-corrected chi connectivity index (χ1v) is 6.17. The highest BCUT2D eigenvalue weighted by Crippen LogP contribution is 2.17. The van der Waals surface area contributed by atoms with Crippen LogP contribution in [0.2, 0.25) is 0 Å². The molecule has 0 spiro atoms. The molecule has 0 radical (unpaired) electrons. The molecular weight excluding hydrogens is 281 g/mol. The van der Waals surface area contributed by atoms with Crippen molar-refractivity contribution in [3.05, 3.63) is 64.5 Å². The summed E-state index contributed by atoms with van der Waals surface area (Å²) in [5.41, 5.74) is 6.98. The van der Waals surface area contributed by atoms with Crippen LogP contribution in [0.5, 0.6) is 0 Å². The Hall–Kier alpha value is -2.50. The fourth-order valence-corrected chi connectivity index (χ4v) is 1.92. The van der Waals surface area contributed by atoms with Gasteiger partial charge in [-0.2, -0.15) is 0 Å². The van der Waals surface area contributed by atoms with Gasteiger partial charge >= 0.3 is 0 Å². The van der Waals surface area contributed by atoms with Crippen molar-refractivity contribution in [1.82, 2.24) is 5.32 Å². The number of carbonyl (C=O) groups is 1. The summed E-state index contributed by atoms with van der Waals surface area (Å²) in [7, 11) is 0. The summed E-state index contributed by atoms with van der Waals surface area (Å²) in [6.07, 6.45) is 0. The van der Waals surface area contributed by atoms with Crippen LogP contribution in [0, 0.1) is 24.4 Å². The molecule has 21 heavy (non-hydrogen) atoms. The fourth-order valence-electron chi connectivity index (χ4n) is 1.92. The summed E-state index contributed by atoms with van der Waals surface area (Å²) < 4.78 is 39.7. The van der Waals surface area contributed by atoms with Crippen molar-refractivity contribution in [2.75, 3.05) is 5.73 Å². The molecule has 1 amide bonds. The van der Waals surface area contributed by atoms with E-state index in [2.05, 4.69) is 5.32 Å². The van der Waals surface area contributed by atoms with Crippen LogP contribution in [-0.4, -0.2) is 5.91 Å². The number of benzene rings is 2. The lowest BCUT2D eigenvalue weighted by atomic mass is 10.1. The zero-order valence-electron chi connectivity index (χ0n) is 11.2. The molecule has 2 aromatic rings. The Morgan fingerprint density at radius 3 is 2.43 bits per heavy atom. The number of nitrogens with one attached hydrogen (secondary N) is 1. The van der Waals surface area contributed by atoms with E-state index >= 15 is 0 Å². The molecule has 0 saturated heterocycles. The highest BCUT2D eigenvalue weighted by Gasteiger charge is 2.18. The number of anilines is 1. The average molecular weight is 294 g/mol. The minimum absolute atomic E-state index is 0.0615. The van der Waals surface area contributed by atoms with Gasteiger partial charge in [0.05, 0.1) is 0 Å². The van der Waals surface area contributed by atoms with Crippen LogP contribution in [0.3, 0.4) is 0 Å². The molecule has 6 heteroatoms. The first kappa shape index (κ1) is 14.9. The van der Waals surface area contributed by atoms with Gasteiger partial charge in [-0.3, -0.25) is 4.79 Å². The van der Waals surface area contributed by atoms with Gasteiger partial charge in [0, 0.05) is 24.4 Å². The quantitative estimate of drug-likeness (QED) is 0.855. The molecule has 110 valence electrons. The lowest BCUT2D eigenvalue weighted by molar-refractivity contribution is 0.0942. The number of amides is 1. The van der Waals surface area contributed by atoms with Gasteiger partial charge in [0.1, 0.15) is 23.0 Å². The molecule has 0 aliphatic rings. The van der Waals surface area contributed by atoms with Gasteiger partial charge in [-0.25, -0.2) is 13.2 Å². The lowest BCUT2D eigenvalue weighted by Crippen LogP contribution is -2.25. The topological polar surface area (TPSA) is 55.1 Å². The first-order valence-electron chi connectivity index (χ1n) is 6.17. The van der Waals surface area contributed by atoms with Gasteiger partial charge in [-0.15, -0.1) is 0 Å². The summed E-state index contributed by atoms with van der Waals surface area (Å²) in [6.45, 7) is 1.84. The number of carbonyl (C=O) groups excluding carboxylic acids is 1. The van der Waals surface area contributed by atoms with E-state index in [0.29, 0.717) is 17.8 Å². The maximum atomic E-state index is 13.5. The van der Waals surface area contributed by atoms with Crippen molar-refractivity contribution >= 4 is 11.6 Å². The third-order valence-electron chi connectivity index (χ3n) is 3.16. The zero-order chi connectivity index (χ0) is 15.6. The standard InChI is InChI=1S/C15H13F3N2O/c1-8-9(3-2-4-13(8)19)7-20-15(21)14-11(17)5-10(16)6-12(14)18/h2-6H,7,19H2,1H3,(H,20,21). The van der Waals surface area contributed by atoms with Crippen LogP contribution in [-0.2, 0) is 6.54 Å². The third kappa shape index (κ3) is 3.16. The van der Waals surface area contributed by atoms with E-state index in [1.165, 1.54) is 0 Å². The summed E-state index contributed by atoms with van der Waals surface area (Å²) in [6, 6.07) is 6.08. The molecule has 0 fully saturated rings. The molecule has 0 unspecified atom stereocenters. The van der Waals surface area contributed by atoms with E-state index in [9.17, 15) is 18.0 Å². The fraction of sp³-hybridized carbons (Fsp3) is 0.133. The van der Waals surface area contributed by atoms with Gasteiger partial charge < -0.3 is 11.1 Å². The Morgan fingerprint density at radius 2 is 1.81 bits per heavy atom. The number of nitrogen functional groups attached to an aromatic ring is 1. The van der Waals surface area contributed by atoms with Crippen molar-refractivity contribution in [3.63, 3.8) is 0 Å². The molecule has 3 N–H and O–H groups in total. The number of halogens is 3. The van der Waals surface area contributed by atoms with E-state index in [-0.39, 0.29) is 6.54 Å². The van der Waals surface area contributed by atoms with Crippen LogP contribution in [0.25, 0.3) is 0 Å². The lowest BCUT2D eigenvalue weighted by Gasteiger charge is -2.10. The SMILES string of the molecule is Cc1c(N)cccc1CNC(=O)c1c(F)cc(F)cc1F. The molecule has 0 aliphatic carbocycles. The van der Waals surface area contributed by atoms with Gasteiger partial charge in [0.25, 0.3) is 5.91 Å². The highest BCUT2D eigenvalue weighted by atomic mass is 19.1. The zero-order valence-corrected chi connectivity index (χ0v) is 11.2. The highest BCUT2D eigenvalue weighted by molar-refractivity contribution is 5.94. The third-order valence-corrected chi connectivity index (χ3v) is 3.16. The Labute approximate surface area is 119 Å².